The molecule has 9 aliphatic rings. The minimum absolute atomic E-state index is 0.0260. The molecular formula is C41H55NO10. The number of amides is 1. The Morgan fingerprint density at radius 2 is 1.62 bits per heavy atom. The van der Waals surface area contributed by atoms with E-state index in [4.69, 9.17) is 9.47 Å². The van der Waals surface area contributed by atoms with E-state index in [2.05, 4.69) is 70.3 Å². The lowest BCUT2D eigenvalue weighted by Gasteiger charge is -2.79. The third kappa shape index (κ3) is 3.56. The minimum Gasteiger partial charge on any atom is -0.481 e. The van der Waals surface area contributed by atoms with Gasteiger partial charge in [0.15, 0.2) is 12.4 Å². The Bertz CT molecular complexity index is 1740. The smallest absolute Gasteiger partial charge is 0.335 e. The summed E-state index contributed by atoms with van der Waals surface area (Å²) in [5.41, 5.74) is -2.79. The molecule has 2 aliphatic heterocycles. The van der Waals surface area contributed by atoms with Crippen molar-refractivity contribution in [3.8, 4) is 0 Å². The number of aliphatic hydroxyl groups is 3. The molecule has 284 valence electrons. The minimum atomic E-state index is -1.79. The van der Waals surface area contributed by atoms with Gasteiger partial charge in [0, 0.05) is 22.3 Å². The number of aliphatic hydroxyl groups excluding tert-OH is 3. The van der Waals surface area contributed by atoms with Crippen molar-refractivity contribution in [2.24, 2.45) is 55.2 Å². The summed E-state index contributed by atoms with van der Waals surface area (Å²) >= 11 is 0. The largest absolute Gasteiger partial charge is 0.481 e. The Morgan fingerprint density at radius 1 is 0.885 bits per heavy atom. The lowest BCUT2D eigenvalue weighted by Crippen LogP contribution is -2.75. The van der Waals surface area contributed by atoms with E-state index in [1.807, 2.05) is 0 Å². The zero-order valence-electron chi connectivity index (χ0n) is 30.9. The van der Waals surface area contributed by atoms with Crippen LogP contribution in [0.5, 0.6) is 0 Å². The third-order valence-corrected chi connectivity index (χ3v) is 18.1. The van der Waals surface area contributed by atoms with Crippen LogP contribution in [0.15, 0.2) is 36.0 Å². The molecule has 11 heteroatoms. The van der Waals surface area contributed by atoms with Crippen LogP contribution in [0.1, 0.15) is 98.8 Å². The van der Waals surface area contributed by atoms with Crippen molar-refractivity contribution < 1.29 is 49.4 Å². The fraction of sp³-hybridized carbons (Fsp3) is 0.780. The first-order valence-corrected chi connectivity index (χ1v) is 19.5. The Kier molecular flexibility index (Phi) is 7.02. The lowest BCUT2D eigenvalue weighted by molar-refractivity contribution is -0.328. The Labute approximate surface area is 304 Å². The standard InChI is InChI=1S/C41H55NO10/c1-34(2)22-8-14-37(5)39(36(22,4)13-10-24(34)51-31-27(45)25(43)26(44)28(52-31)30(47)48)15-7-21-29(46)42-32-35(3)11-6-12-41(32)23(9-16-39)40(21,37)20-19-38(41,18-17-35)33(49)50/h6-7,9,12,15,21-22,24-28,31-32,43-45H,8,10-11,13-14,16-20H2,1-5H3,(H,42,46)(H,47,48)(H,49,50). The average molecular weight is 722 g/mol. The predicted octanol–water partition coefficient (Wildman–Crippen LogP) is 4.10. The number of allylic oxidation sites excluding steroid dienone is 3. The highest BCUT2D eigenvalue weighted by Crippen LogP contribution is 2.86. The number of nitrogens with one attached hydrogen (secondary N) is 1. The molecule has 7 aliphatic carbocycles. The van der Waals surface area contributed by atoms with Gasteiger partial charge < -0.3 is 40.3 Å². The first-order valence-electron chi connectivity index (χ1n) is 19.5. The zero-order chi connectivity index (χ0) is 37.2. The zero-order valence-corrected chi connectivity index (χ0v) is 30.9. The summed E-state index contributed by atoms with van der Waals surface area (Å²) in [7, 11) is 0. The van der Waals surface area contributed by atoms with E-state index in [0.29, 0.717) is 25.7 Å². The quantitative estimate of drug-likeness (QED) is 0.183. The van der Waals surface area contributed by atoms with Crippen LogP contribution < -0.4 is 5.32 Å². The summed E-state index contributed by atoms with van der Waals surface area (Å²) < 4.78 is 12.0. The predicted molar refractivity (Wildman–Crippen MR) is 186 cm³/mol. The maximum absolute atomic E-state index is 14.8. The molecule has 2 saturated heterocycles. The number of aliphatic carboxylic acids is 2. The number of carbonyl (C=O) groups is 3. The summed E-state index contributed by atoms with van der Waals surface area (Å²) in [6.07, 6.45) is 9.87. The fourth-order valence-corrected chi connectivity index (χ4v) is 15.5. The molecule has 16 unspecified atom stereocenters. The molecule has 52 heavy (non-hydrogen) atoms. The molecule has 2 heterocycles. The van der Waals surface area contributed by atoms with Gasteiger partial charge in [0.2, 0.25) is 5.91 Å². The molecule has 9 rings (SSSR count). The molecule has 4 saturated carbocycles. The molecule has 16 atom stereocenters. The summed E-state index contributed by atoms with van der Waals surface area (Å²) in [5, 5.41) is 56.1. The number of carboxylic acids is 2. The Balaban J connectivity index is 1.15. The number of ether oxygens (including phenoxy) is 2. The van der Waals surface area contributed by atoms with Crippen molar-refractivity contribution in [2.45, 2.75) is 142 Å². The molecular weight excluding hydrogens is 666 g/mol. The Morgan fingerprint density at radius 3 is 2.33 bits per heavy atom. The maximum atomic E-state index is 14.8. The molecule has 6 fully saturated rings. The van der Waals surface area contributed by atoms with E-state index in [1.165, 1.54) is 5.57 Å². The van der Waals surface area contributed by atoms with Crippen LogP contribution in [-0.2, 0) is 23.9 Å². The van der Waals surface area contributed by atoms with E-state index in [1.54, 1.807) is 0 Å². The van der Waals surface area contributed by atoms with Crippen LogP contribution in [0.4, 0.5) is 0 Å². The second kappa shape index (κ2) is 10.4. The van der Waals surface area contributed by atoms with Gasteiger partial charge in [-0.05, 0) is 91.8 Å². The van der Waals surface area contributed by atoms with Crippen molar-refractivity contribution in [3.63, 3.8) is 0 Å². The maximum Gasteiger partial charge on any atom is 0.335 e. The monoisotopic (exact) mass is 721 g/mol. The van der Waals surface area contributed by atoms with Gasteiger partial charge in [0.25, 0.3) is 0 Å². The summed E-state index contributed by atoms with van der Waals surface area (Å²) in [6, 6.07) is -0.294. The number of hydrogen-bond donors (Lipinski definition) is 6. The molecule has 1 amide bonds. The van der Waals surface area contributed by atoms with Crippen LogP contribution >= 0.6 is 0 Å². The van der Waals surface area contributed by atoms with Crippen LogP contribution in [0.3, 0.4) is 0 Å². The van der Waals surface area contributed by atoms with Crippen LogP contribution in [0.2, 0.25) is 0 Å². The SMILES string of the molecule is CC12CC=CC34C5=CCC67C=CC(C(=O)NC13)C5(CCC4(C(=O)O)CC2)C6(C)CCC1C(C)(C)C(OC2OC(C(=O)O)C(O)C(O)C2O)CCC17C. The normalized spacial score (nSPS) is 56.3. The van der Waals surface area contributed by atoms with Gasteiger partial charge in [0.05, 0.1) is 17.4 Å². The third-order valence-electron chi connectivity index (χ3n) is 18.1. The van der Waals surface area contributed by atoms with Crippen molar-refractivity contribution >= 4 is 17.8 Å². The number of carboxylic acid groups (broad SMARTS) is 2. The molecule has 2 spiro atoms. The topological polar surface area (TPSA) is 183 Å². The molecule has 4 bridgehead atoms. The van der Waals surface area contributed by atoms with Crippen molar-refractivity contribution in [1.29, 1.82) is 0 Å². The van der Waals surface area contributed by atoms with Crippen LogP contribution in [0, 0.1) is 55.2 Å². The number of fused-ring (bicyclic) bond motifs is 1. The molecule has 0 aromatic rings. The average Bonchev–Trinajstić information content (AvgIpc) is 3.16. The van der Waals surface area contributed by atoms with Crippen LogP contribution in [0.25, 0.3) is 0 Å². The van der Waals surface area contributed by atoms with E-state index in [9.17, 15) is 39.9 Å². The van der Waals surface area contributed by atoms with Crippen LogP contribution in [-0.4, -0.2) is 86.2 Å². The van der Waals surface area contributed by atoms with E-state index < -0.39 is 76.3 Å². The summed E-state index contributed by atoms with van der Waals surface area (Å²) in [6.45, 7) is 11.4. The highest BCUT2D eigenvalue weighted by molar-refractivity contribution is 5.88. The summed E-state index contributed by atoms with van der Waals surface area (Å²) in [5.74, 6) is -2.43. The van der Waals surface area contributed by atoms with Gasteiger partial charge in [0.1, 0.15) is 18.3 Å². The van der Waals surface area contributed by atoms with Gasteiger partial charge in [-0.2, -0.15) is 0 Å². The first-order chi connectivity index (χ1) is 24.3. The molecule has 0 aromatic heterocycles. The van der Waals surface area contributed by atoms with Gasteiger partial charge in [-0.15, -0.1) is 0 Å². The van der Waals surface area contributed by atoms with Gasteiger partial charge >= 0.3 is 11.9 Å². The number of hydrogen-bond acceptors (Lipinski definition) is 8. The van der Waals surface area contributed by atoms with Crippen molar-refractivity contribution in [1.82, 2.24) is 5.32 Å². The van der Waals surface area contributed by atoms with Crippen molar-refractivity contribution in [3.05, 3.63) is 36.0 Å². The lowest BCUT2D eigenvalue weighted by atomic mass is 9.24. The highest BCUT2D eigenvalue weighted by atomic mass is 16.7. The van der Waals surface area contributed by atoms with Crippen molar-refractivity contribution in [2.75, 3.05) is 0 Å². The van der Waals surface area contributed by atoms with Gasteiger partial charge in [-0.25, -0.2) is 4.79 Å². The van der Waals surface area contributed by atoms with E-state index in [-0.39, 0.29) is 39.5 Å². The first kappa shape index (κ1) is 35.2. The highest BCUT2D eigenvalue weighted by Gasteiger charge is 2.83. The number of rotatable bonds is 4. The second-order valence-electron chi connectivity index (χ2n) is 19.6. The fourth-order valence-electron chi connectivity index (χ4n) is 15.5. The summed E-state index contributed by atoms with van der Waals surface area (Å²) in [4.78, 5) is 40.3. The van der Waals surface area contributed by atoms with Gasteiger partial charge in [-0.3, -0.25) is 9.59 Å². The second-order valence-corrected chi connectivity index (χ2v) is 19.6. The van der Waals surface area contributed by atoms with E-state index >= 15 is 0 Å². The molecule has 0 radical (unpaired) electrons. The Hall–Kier alpha value is -2.57. The van der Waals surface area contributed by atoms with Gasteiger partial charge in [-0.1, -0.05) is 70.6 Å². The molecule has 0 aromatic carbocycles. The number of carbonyl (C=O) groups excluding carboxylic acids is 1. The van der Waals surface area contributed by atoms with E-state index in [0.717, 1.165) is 38.5 Å². The molecule has 6 N–H and O–H groups in total. The molecule has 11 nitrogen and oxygen atoms in total.